The number of para-hydroxylation sites is 1. The first-order chi connectivity index (χ1) is 8.31. The molecule has 1 aliphatic rings. The van der Waals surface area contributed by atoms with E-state index in [0.29, 0.717) is 12.1 Å². The third-order valence-corrected chi connectivity index (χ3v) is 3.31. The minimum Gasteiger partial charge on any atom is -0.496 e. The van der Waals surface area contributed by atoms with Gasteiger partial charge in [0.1, 0.15) is 5.75 Å². The van der Waals surface area contributed by atoms with Crippen molar-refractivity contribution in [3.05, 3.63) is 29.8 Å². The van der Waals surface area contributed by atoms with Gasteiger partial charge in [-0.2, -0.15) is 0 Å². The standard InChI is InChI=1S/C14H21NO2/c1-11(15-12-7-9-17-10-8-12)13-5-3-4-6-14(13)16-2/h3-6,11-12,15H,7-10H2,1-2H3. The lowest BCUT2D eigenvalue weighted by Gasteiger charge is -2.27. The zero-order valence-electron chi connectivity index (χ0n) is 10.6. The van der Waals surface area contributed by atoms with Gasteiger partial charge in [0.25, 0.3) is 0 Å². The zero-order valence-corrected chi connectivity index (χ0v) is 10.6. The highest BCUT2D eigenvalue weighted by atomic mass is 16.5. The molecule has 3 nitrogen and oxygen atoms in total. The molecule has 1 aromatic carbocycles. The normalized spacial score (nSPS) is 18.9. The fourth-order valence-electron chi connectivity index (χ4n) is 2.33. The van der Waals surface area contributed by atoms with Crippen molar-refractivity contribution in [3.63, 3.8) is 0 Å². The van der Waals surface area contributed by atoms with Crippen LogP contribution in [0.4, 0.5) is 0 Å². The zero-order chi connectivity index (χ0) is 12.1. The highest BCUT2D eigenvalue weighted by molar-refractivity contribution is 5.35. The van der Waals surface area contributed by atoms with E-state index in [0.717, 1.165) is 31.8 Å². The van der Waals surface area contributed by atoms with Crippen LogP contribution < -0.4 is 10.1 Å². The summed E-state index contributed by atoms with van der Waals surface area (Å²) in [6.07, 6.45) is 2.19. The van der Waals surface area contributed by atoms with Crippen LogP contribution in [0.1, 0.15) is 31.4 Å². The van der Waals surface area contributed by atoms with E-state index in [-0.39, 0.29) is 0 Å². The molecule has 1 N–H and O–H groups in total. The summed E-state index contributed by atoms with van der Waals surface area (Å²) < 4.78 is 10.8. The maximum Gasteiger partial charge on any atom is 0.123 e. The van der Waals surface area contributed by atoms with Crippen LogP contribution in [0.15, 0.2) is 24.3 Å². The molecule has 17 heavy (non-hydrogen) atoms. The van der Waals surface area contributed by atoms with E-state index in [2.05, 4.69) is 24.4 Å². The van der Waals surface area contributed by atoms with Crippen LogP contribution >= 0.6 is 0 Å². The molecule has 94 valence electrons. The van der Waals surface area contributed by atoms with Crippen molar-refractivity contribution < 1.29 is 9.47 Å². The largest absolute Gasteiger partial charge is 0.496 e. The van der Waals surface area contributed by atoms with Crippen LogP contribution in [0.3, 0.4) is 0 Å². The van der Waals surface area contributed by atoms with Gasteiger partial charge in [-0.25, -0.2) is 0 Å². The van der Waals surface area contributed by atoms with Gasteiger partial charge >= 0.3 is 0 Å². The highest BCUT2D eigenvalue weighted by Crippen LogP contribution is 2.25. The van der Waals surface area contributed by atoms with E-state index < -0.39 is 0 Å². The summed E-state index contributed by atoms with van der Waals surface area (Å²) in [7, 11) is 1.72. The fourth-order valence-corrected chi connectivity index (χ4v) is 2.33. The Morgan fingerprint density at radius 1 is 1.29 bits per heavy atom. The summed E-state index contributed by atoms with van der Waals surface area (Å²) in [6, 6.07) is 9.06. The van der Waals surface area contributed by atoms with Gasteiger partial charge in [-0.15, -0.1) is 0 Å². The van der Waals surface area contributed by atoms with Gasteiger partial charge in [0.2, 0.25) is 0 Å². The Morgan fingerprint density at radius 3 is 2.71 bits per heavy atom. The van der Waals surface area contributed by atoms with E-state index in [1.54, 1.807) is 7.11 Å². The van der Waals surface area contributed by atoms with E-state index >= 15 is 0 Å². The van der Waals surface area contributed by atoms with Crippen molar-refractivity contribution in [1.29, 1.82) is 0 Å². The molecule has 1 saturated heterocycles. The first kappa shape index (κ1) is 12.4. The third-order valence-electron chi connectivity index (χ3n) is 3.31. The number of nitrogens with one attached hydrogen (secondary N) is 1. The first-order valence-corrected chi connectivity index (χ1v) is 6.28. The topological polar surface area (TPSA) is 30.5 Å². The molecule has 1 heterocycles. The Bertz CT molecular complexity index is 348. The van der Waals surface area contributed by atoms with Crippen molar-refractivity contribution in [2.24, 2.45) is 0 Å². The van der Waals surface area contributed by atoms with Gasteiger partial charge in [-0.05, 0) is 25.8 Å². The number of methoxy groups -OCH3 is 1. The fraction of sp³-hybridized carbons (Fsp3) is 0.571. The highest BCUT2D eigenvalue weighted by Gasteiger charge is 2.18. The molecule has 1 unspecified atom stereocenters. The Balaban J connectivity index is 2.00. The SMILES string of the molecule is COc1ccccc1C(C)NC1CCOCC1. The van der Waals surface area contributed by atoms with Gasteiger partial charge < -0.3 is 14.8 Å². The maximum absolute atomic E-state index is 5.39. The molecule has 0 amide bonds. The molecule has 0 aromatic heterocycles. The van der Waals surface area contributed by atoms with Gasteiger partial charge in [-0.3, -0.25) is 0 Å². The van der Waals surface area contributed by atoms with E-state index in [1.165, 1.54) is 5.56 Å². The third kappa shape index (κ3) is 3.20. The van der Waals surface area contributed by atoms with Crippen LogP contribution in [-0.4, -0.2) is 26.4 Å². The van der Waals surface area contributed by atoms with Gasteiger partial charge in [-0.1, -0.05) is 18.2 Å². The van der Waals surface area contributed by atoms with E-state index in [1.807, 2.05) is 12.1 Å². The number of hydrogen-bond acceptors (Lipinski definition) is 3. The Kier molecular flexibility index (Phi) is 4.40. The quantitative estimate of drug-likeness (QED) is 0.870. The molecule has 1 fully saturated rings. The molecule has 0 aliphatic carbocycles. The molecule has 1 aromatic rings. The lowest BCUT2D eigenvalue weighted by Crippen LogP contribution is -2.36. The Morgan fingerprint density at radius 2 is 2.00 bits per heavy atom. The van der Waals surface area contributed by atoms with E-state index in [9.17, 15) is 0 Å². The van der Waals surface area contributed by atoms with Crippen LogP contribution in [-0.2, 0) is 4.74 Å². The summed E-state index contributed by atoms with van der Waals surface area (Å²) in [4.78, 5) is 0. The molecule has 0 radical (unpaired) electrons. The number of hydrogen-bond donors (Lipinski definition) is 1. The summed E-state index contributed by atoms with van der Waals surface area (Å²) >= 11 is 0. The number of benzene rings is 1. The molecule has 2 rings (SSSR count). The molecular weight excluding hydrogens is 214 g/mol. The molecule has 0 spiro atoms. The van der Waals surface area contributed by atoms with E-state index in [4.69, 9.17) is 9.47 Å². The van der Waals surface area contributed by atoms with Crippen LogP contribution in [0.2, 0.25) is 0 Å². The second kappa shape index (κ2) is 6.03. The van der Waals surface area contributed by atoms with Crippen LogP contribution in [0.25, 0.3) is 0 Å². The Labute approximate surface area is 103 Å². The van der Waals surface area contributed by atoms with Crippen LogP contribution in [0, 0.1) is 0 Å². The maximum atomic E-state index is 5.39. The average Bonchev–Trinajstić information content (AvgIpc) is 2.40. The van der Waals surface area contributed by atoms with Gasteiger partial charge in [0.05, 0.1) is 7.11 Å². The molecule has 3 heteroatoms. The summed E-state index contributed by atoms with van der Waals surface area (Å²) in [6.45, 7) is 3.93. The van der Waals surface area contributed by atoms with Crippen molar-refractivity contribution in [3.8, 4) is 5.75 Å². The minimum absolute atomic E-state index is 0.314. The molecule has 1 atom stereocenters. The second-order valence-electron chi connectivity index (χ2n) is 4.52. The van der Waals surface area contributed by atoms with Crippen molar-refractivity contribution in [1.82, 2.24) is 5.32 Å². The smallest absolute Gasteiger partial charge is 0.123 e. The summed E-state index contributed by atoms with van der Waals surface area (Å²) in [5, 5.41) is 3.65. The molecule has 0 bridgehead atoms. The number of ether oxygens (including phenoxy) is 2. The molecular formula is C14H21NO2. The summed E-state index contributed by atoms with van der Waals surface area (Å²) in [5.41, 5.74) is 1.22. The van der Waals surface area contributed by atoms with Crippen LogP contribution in [0.5, 0.6) is 5.75 Å². The lowest BCUT2D eigenvalue weighted by atomic mass is 10.0. The predicted molar refractivity (Wildman–Crippen MR) is 68.4 cm³/mol. The average molecular weight is 235 g/mol. The summed E-state index contributed by atoms with van der Waals surface area (Å²) in [5.74, 6) is 0.958. The lowest BCUT2D eigenvalue weighted by molar-refractivity contribution is 0.0754. The number of rotatable bonds is 4. The Hall–Kier alpha value is -1.06. The molecule has 1 aliphatic heterocycles. The first-order valence-electron chi connectivity index (χ1n) is 6.28. The van der Waals surface area contributed by atoms with Gasteiger partial charge in [0, 0.05) is 30.9 Å². The molecule has 0 saturated carbocycles. The van der Waals surface area contributed by atoms with Gasteiger partial charge in [0.15, 0.2) is 0 Å². The van der Waals surface area contributed by atoms with Crippen molar-refractivity contribution >= 4 is 0 Å². The van der Waals surface area contributed by atoms with Crippen molar-refractivity contribution in [2.75, 3.05) is 20.3 Å². The van der Waals surface area contributed by atoms with Crippen molar-refractivity contribution in [2.45, 2.75) is 31.8 Å². The monoisotopic (exact) mass is 235 g/mol. The minimum atomic E-state index is 0.314. The predicted octanol–water partition coefficient (Wildman–Crippen LogP) is 2.52. The second-order valence-corrected chi connectivity index (χ2v) is 4.52.